The topological polar surface area (TPSA) is 105 Å². The minimum atomic E-state index is -1.01. The summed E-state index contributed by atoms with van der Waals surface area (Å²) < 4.78 is 1.98. The molecule has 3 aromatic carbocycles. The van der Waals surface area contributed by atoms with Gasteiger partial charge in [-0.1, -0.05) is 48.5 Å². The molecule has 1 aliphatic rings. The van der Waals surface area contributed by atoms with E-state index in [1.165, 1.54) is 0 Å². The molecule has 0 unspecified atom stereocenters. The number of para-hydroxylation sites is 1. The van der Waals surface area contributed by atoms with E-state index in [9.17, 15) is 24.3 Å². The van der Waals surface area contributed by atoms with Gasteiger partial charge in [0.2, 0.25) is 16.8 Å². The van der Waals surface area contributed by atoms with Crippen molar-refractivity contribution in [2.24, 2.45) is 7.05 Å². The van der Waals surface area contributed by atoms with Crippen LogP contribution in [0.2, 0.25) is 0 Å². The number of rotatable bonds is 6. The Morgan fingerprint density at radius 2 is 1.64 bits per heavy atom. The summed E-state index contributed by atoms with van der Waals surface area (Å²) in [6, 6.07) is 20.3. The number of carboxylic acids is 1. The van der Waals surface area contributed by atoms with Gasteiger partial charge in [0.05, 0.1) is 16.3 Å². The summed E-state index contributed by atoms with van der Waals surface area (Å²) in [5.41, 5.74) is 4.09. The van der Waals surface area contributed by atoms with Gasteiger partial charge in [-0.15, -0.1) is 5.06 Å². The molecule has 1 fully saturated rings. The van der Waals surface area contributed by atoms with Gasteiger partial charge in [0, 0.05) is 31.4 Å². The second kappa shape index (κ2) is 9.09. The van der Waals surface area contributed by atoms with E-state index in [0.29, 0.717) is 21.4 Å². The first-order valence-electron chi connectivity index (χ1n) is 11.3. The highest BCUT2D eigenvalue weighted by molar-refractivity contribution is 6.16. The SMILES string of the molecule is C[n+]1c2ccccc2c(C(=O)O)c2c(-c3ccc(CC(=C=O)ON4C(=O)CCC4=O)cc3)cccc21. The lowest BCUT2D eigenvalue weighted by Gasteiger charge is -2.15. The van der Waals surface area contributed by atoms with E-state index < -0.39 is 17.8 Å². The van der Waals surface area contributed by atoms with Crippen LogP contribution in [0.5, 0.6) is 0 Å². The maximum absolute atomic E-state index is 12.4. The molecule has 0 atom stereocenters. The number of aromatic carboxylic acids is 1. The van der Waals surface area contributed by atoms with Gasteiger partial charge in [0.25, 0.3) is 11.8 Å². The highest BCUT2D eigenvalue weighted by Gasteiger charge is 2.32. The Morgan fingerprint density at radius 3 is 2.31 bits per heavy atom. The quantitative estimate of drug-likeness (QED) is 0.149. The summed E-state index contributed by atoms with van der Waals surface area (Å²) in [6.45, 7) is 0. The Hall–Kier alpha value is -4.81. The number of nitrogens with zero attached hydrogens (tertiary/aromatic N) is 2. The number of fused-ring (bicyclic) bond motifs is 2. The zero-order chi connectivity index (χ0) is 25.4. The van der Waals surface area contributed by atoms with Crippen LogP contribution in [0.3, 0.4) is 0 Å². The van der Waals surface area contributed by atoms with E-state index in [0.717, 1.165) is 22.2 Å². The largest absolute Gasteiger partial charge is 0.478 e. The molecule has 1 aromatic heterocycles. The fourth-order valence-electron chi connectivity index (χ4n) is 4.63. The molecule has 8 nitrogen and oxygen atoms in total. The van der Waals surface area contributed by atoms with Crippen LogP contribution in [-0.2, 0) is 32.7 Å². The van der Waals surface area contributed by atoms with E-state index in [2.05, 4.69) is 0 Å². The molecule has 1 saturated heterocycles. The third-order valence-corrected chi connectivity index (χ3v) is 6.35. The van der Waals surface area contributed by atoms with Crippen molar-refractivity contribution >= 4 is 45.5 Å². The number of hydroxylamine groups is 2. The van der Waals surface area contributed by atoms with Crippen molar-refractivity contribution in [3.8, 4) is 11.1 Å². The molecule has 4 aromatic rings. The lowest BCUT2D eigenvalue weighted by molar-refractivity contribution is -0.617. The Bertz CT molecular complexity index is 1600. The Labute approximate surface area is 205 Å². The van der Waals surface area contributed by atoms with Crippen LogP contribution < -0.4 is 4.57 Å². The van der Waals surface area contributed by atoms with Gasteiger partial charge in [0.1, 0.15) is 7.05 Å². The lowest BCUT2D eigenvalue weighted by Crippen LogP contribution is -2.31. The highest BCUT2D eigenvalue weighted by atomic mass is 16.7. The number of aromatic nitrogens is 1. The van der Waals surface area contributed by atoms with Gasteiger partial charge in [-0.2, -0.15) is 4.57 Å². The second-order valence-electron chi connectivity index (χ2n) is 8.53. The summed E-state index contributed by atoms with van der Waals surface area (Å²) in [6.07, 6.45) is 0.141. The van der Waals surface area contributed by atoms with Crippen LogP contribution in [0.4, 0.5) is 0 Å². The lowest BCUT2D eigenvalue weighted by atomic mass is 9.93. The van der Waals surface area contributed by atoms with Crippen molar-refractivity contribution in [2.45, 2.75) is 19.3 Å². The highest BCUT2D eigenvalue weighted by Crippen LogP contribution is 2.33. The summed E-state index contributed by atoms with van der Waals surface area (Å²) in [5, 5.41) is 12.0. The molecule has 1 N–H and O–H groups in total. The van der Waals surface area contributed by atoms with Crippen molar-refractivity contribution in [1.82, 2.24) is 5.06 Å². The number of benzene rings is 3. The maximum atomic E-state index is 12.4. The van der Waals surface area contributed by atoms with Crippen LogP contribution in [-0.4, -0.2) is 33.9 Å². The third kappa shape index (κ3) is 3.89. The Balaban J connectivity index is 1.53. The van der Waals surface area contributed by atoms with Crippen molar-refractivity contribution in [2.75, 3.05) is 0 Å². The normalized spacial score (nSPS) is 13.3. The molecule has 1 aliphatic heterocycles. The minimum absolute atomic E-state index is 0.0380. The van der Waals surface area contributed by atoms with Gasteiger partial charge in [-0.25, -0.2) is 9.59 Å². The second-order valence-corrected chi connectivity index (χ2v) is 8.53. The van der Waals surface area contributed by atoms with Crippen molar-refractivity contribution < 1.29 is 33.7 Å². The molecule has 5 rings (SSSR count). The first-order chi connectivity index (χ1) is 17.4. The van der Waals surface area contributed by atoms with E-state index >= 15 is 0 Å². The molecule has 2 amide bonds. The summed E-state index contributed by atoms with van der Waals surface area (Å²) in [7, 11) is 1.91. The summed E-state index contributed by atoms with van der Waals surface area (Å²) in [5.74, 6) is -0.508. The van der Waals surface area contributed by atoms with E-state index in [-0.39, 0.29) is 30.6 Å². The number of aryl methyl sites for hydroxylation is 1. The number of carbonyl (C=O) groups excluding carboxylic acids is 3. The molecule has 0 bridgehead atoms. The maximum Gasteiger partial charge on any atom is 0.337 e. The molecule has 0 spiro atoms. The number of hydrogen-bond donors (Lipinski definition) is 1. The summed E-state index contributed by atoms with van der Waals surface area (Å²) in [4.78, 5) is 52.6. The fraction of sp³-hybridized carbons (Fsp3) is 0.143. The molecule has 36 heavy (non-hydrogen) atoms. The van der Waals surface area contributed by atoms with Gasteiger partial charge < -0.3 is 9.94 Å². The molecule has 0 radical (unpaired) electrons. The van der Waals surface area contributed by atoms with E-state index in [4.69, 9.17) is 4.84 Å². The number of hydrogen-bond acceptors (Lipinski definition) is 5. The Morgan fingerprint density at radius 1 is 0.972 bits per heavy atom. The number of pyridine rings is 1. The van der Waals surface area contributed by atoms with Gasteiger partial charge >= 0.3 is 5.97 Å². The number of amides is 2. The van der Waals surface area contributed by atoms with Crippen LogP contribution in [0, 0.1) is 0 Å². The molecule has 0 aliphatic carbocycles. The van der Waals surface area contributed by atoms with Crippen molar-refractivity contribution in [3.05, 3.63) is 83.6 Å². The van der Waals surface area contributed by atoms with Gasteiger partial charge in [-0.05, 0) is 22.8 Å². The van der Waals surface area contributed by atoms with Gasteiger partial charge in [-0.3, -0.25) is 9.59 Å². The molecule has 8 heteroatoms. The average molecular weight is 481 g/mol. The number of allylic oxidation sites excluding steroid dienone is 1. The van der Waals surface area contributed by atoms with Crippen LogP contribution >= 0.6 is 0 Å². The van der Waals surface area contributed by atoms with Crippen molar-refractivity contribution in [1.29, 1.82) is 0 Å². The molecule has 178 valence electrons. The zero-order valence-electron chi connectivity index (χ0n) is 19.4. The molecular weight excluding hydrogens is 460 g/mol. The predicted molar refractivity (Wildman–Crippen MR) is 130 cm³/mol. The standard InChI is InChI=1S/C28H20N2O6/c1-29-22-7-3-2-5-21(22)27(28(34)35)26-20(6-4-8-23(26)29)18-11-9-17(10-12-18)15-19(16-31)36-30-24(32)13-14-25(30)33/h2-12H,13-15H2,1H3/p+1. The molecule has 2 heterocycles. The molecular formula is C28H21N2O6+. The zero-order valence-corrected chi connectivity index (χ0v) is 19.4. The summed E-state index contributed by atoms with van der Waals surface area (Å²) >= 11 is 0. The first kappa shape index (κ1) is 23.0. The predicted octanol–water partition coefficient (Wildman–Crippen LogP) is 3.52. The molecule has 0 saturated carbocycles. The van der Waals surface area contributed by atoms with Crippen LogP contribution in [0.25, 0.3) is 32.9 Å². The first-order valence-corrected chi connectivity index (χ1v) is 11.3. The van der Waals surface area contributed by atoms with Gasteiger partial charge in [0.15, 0.2) is 5.94 Å². The fourth-order valence-corrected chi connectivity index (χ4v) is 4.63. The van der Waals surface area contributed by atoms with E-state index in [1.807, 2.05) is 60.1 Å². The van der Waals surface area contributed by atoms with Crippen LogP contribution in [0.1, 0.15) is 28.8 Å². The Kier molecular flexibility index (Phi) is 5.80. The minimum Gasteiger partial charge on any atom is -0.478 e. The monoisotopic (exact) mass is 481 g/mol. The van der Waals surface area contributed by atoms with Crippen LogP contribution in [0.15, 0.2) is 72.5 Å². The smallest absolute Gasteiger partial charge is 0.337 e. The van der Waals surface area contributed by atoms with Crippen molar-refractivity contribution in [3.63, 3.8) is 0 Å². The van der Waals surface area contributed by atoms with E-state index in [1.54, 1.807) is 24.1 Å². The number of carbonyl (C=O) groups is 3. The number of carboxylic acid groups (broad SMARTS) is 1. The third-order valence-electron chi connectivity index (χ3n) is 6.35. The average Bonchev–Trinajstić information content (AvgIpc) is 3.20. The number of imide groups is 1.